The maximum absolute atomic E-state index is 14.1. The van der Waals surface area contributed by atoms with E-state index < -0.39 is 52.1 Å². The first-order valence-corrected chi connectivity index (χ1v) is 27.4. The predicted molar refractivity (Wildman–Crippen MR) is 285 cm³/mol. The van der Waals surface area contributed by atoms with Crippen LogP contribution in [0, 0.1) is 29.6 Å². The number of likely N-dealkylation sites (tertiary alicyclic amines) is 1. The Morgan fingerprint density at radius 3 is 2.18 bits per heavy atom. The lowest BCUT2D eigenvalue weighted by atomic mass is 9.76. The van der Waals surface area contributed by atoms with E-state index in [2.05, 4.69) is 4.98 Å². The van der Waals surface area contributed by atoms with Crippen LogP contribution in [0.25, 0.3) is 16.5 Å². The third-order valence-electron chi connectivity index (χ3n) is 13.3. The minimum absolute atomic E-state index is 0.00366. The molecule has 19 heteroatoms. The van der Waals surface area contributed by atoms with Crippen LogP contribution in [-0.4, -0.2) is 107 Å². The molecular formula is C57H67F3N4O10S2. The number of ketones is 2. The molecule has 14 nitrogen and oxygen atoms in total. The van der Waals surface area contributed by atoms with Crippen LogP contribution in [-0.2, 0) is 41.2 Å². The predicted octanol–water partition coefficient (Wildman–Crippen LogP) is 11.8. The number of rotatable bonds is 28. The summed E-state index contributed by atoms with van der Waals surface area (Å²) in [5, 5.41) is 19.3. The summed E-state index contributed by atoms with van der Waals surface area (Å²) in [6.45, 7) is 10.2. The number of hydrogen-bond acceptors (Lipinski definition) is 14. The van der Waals surface area contributed by atoms with Gasteiger partial charge in [0.2, 0.25) is 5.91 Å². The van der Waals surface area contributed by atoms with E-state index in [1.54, 1.807) is 17.4 Å². The zero-order chi connectivity index (χ0) is 55.0. The molecule has 2 fully saturated rings. The van der Waals surface area contributed by atoms with E-state index in [0.717, 1.165) is 65.2 Å². The Balaban J connectivity index is 0.808. The van der Waals surface area contributed by atoms with Crippen LogP contribution < -0.4 is 9.47 Å². The summed E-state index contributed by atoms with van der Waals surface area (Å²) in [7, 11) is 1.32. The molecule has 3 atom stereocenters. The molecule has 2 aliphatic rings. The lowest BCUT2D eigenvalue weighted by molar-refractivity contribution is -0.146. The normalized spacial score (nSPS) is 16.9. The van der Waals surface area contributed by atoms with Gasteiger partial charge in [-0.05, 0) is 122 Å². The Morgan fingerprint density at radius 2 is 1.55 bits per heavy atom. The van der Waals surface area contributed by atoms with Crippen LogP contribution >= 0.6 is 23.1 Å². The minimum atomic E-state index is -4.77. The van der Waals surface area contributed by atoms with E-state index in [0.29, 0.717) is 70.2 Å². The highest BCUT2D eigenvalue weighted by molar-refractivity contribution is 8.18. The summed E-state index contributed by atoms with van der Waals surface area (Å²) in [5.74, 6) is -1.85. The Kier molecular flexibility index (Phi) is 21.8. The number of hydrogen-bond donors (Lipinski definition) is 1. The molecule has 6 rings (SSSR count). The van der Waals surface area contributed by atoms with Gasteiger partial charge in [0.1, 0.15) is 11.5 Å². The highest BCUT2D eigenvalue weighted by Crippen LogP contribution is 2.42. The quantitative estimate of drug-likeness (QED) is 0.0419. The fraction of sp³-hybridized carbons (Fsp3) is 0.491. The number of thioether (sulfide) groups is 1. The number of aromatic nitrogens is 1. The number of aryl methyl sites for hydroxylation is 2. The number of Topliss-reactive ketones (excluding diaryl/α,β-unsaturated/α-hetero) is 2. The number of methoxy groups -OCH3 is 1. The monoisotopic (exact) mass is 1090 g/mol. The standard InChI is InChI=1S/C57H67F3N4O10S2/c1-37-52(75-36-62-37)41-19-14-38(15-20-41)16-21-47(67)46-33-43(66)35-64(46)53(68)45(56(2,3)4)32-42(65)13-7-6-9-25-72-27-11-12-28-73-26-10-8-24-63-54(69)51(76-55(63)70)31-39-17-23-49(50(30-39)71-5)74-48-22-18-40(34-61)29-44(48)57(58,59)60/h14-15,17-20,22-23,29-31,36,43,45-46,66H,6-13,16,21,24-28,32-33,35H2,1-5H3/b51-31-/t43-,45?,46+/m1/s1. The van der Waals surface area contributed by atoms with Crippen LogP contribution in [0.2, 0.25) is 0 Å². The van der Waals surface area contributed by atoms with Crippen molar-refractivity contribution < 1.29 is 61.2 Å². The van der Waals surface area contributed by atoms with Gasteiger partial charge >= 0.3 is 6.18 Å². The molecule has 1 unspecified atom stereocenters. The topological polar surface area (TPSA) is 186 Å². The second kappa shape index (κ2) is 27.9. The number of amides is 3. The van der Waals surface area contributed by atoms with Crippen molar-refractivity contribution in [3.8, 4) is 33.8 Å². The number of aliphatic hydroxyl groups is 1. The number of unbranched alkanes of at least 4 members (excludes halogenated alkanes) is 4. The number of thiazole rings is 1. The fourth-order valence-corrected chi connectivity index (χ4v) is 10.7. The van der Waals surface area contributed by atoms with Crippen molar-refractivity contribution in [1.82, 2.24) is 14.8 Å². The van der Waals surface area contributed by atoms with Crippen molar-refractivity contribution in [2.75, 3.05) is 46.6 Å². The first kappa shape index (κ1) is 59.3. The van der Waals surface area contributed by atoms with Crippen molar-refractivity contribution in [1.29, 1.82) is 5.26 Å². The maximum Gasteiger partial charge on any atom is 0.420 e. The maximum atomic E-state index is 14.1. The smallest absolute Gasteiger partial charge is 0.420 e. The van der Waals surface area contributed by atoms with Crippen molar-refractivity contribution >= 4 is 57.8 Å². The van der Waals surface area contributed by atoms with Gasteiger partial charge in [-0.3, -0.25) is 28.9 Å². The molecule has 0 spiro atoms. The number of carbonyl (C=O) groups is 5. The Bertz CT molecular complexity index is 2730. The summed E-state index contributed by atoms with van der Waals surface area (Å²) in [4.78, 5) is 75.1. The van der Waals surface area contributed by atoms with E-state index in [-0.39, 0.29) is 71.8 Å². The largest absolute Gasteiger partial charge is 0.493 e. The molecule has 1 aromatic heterocycles. The number of carbonyl (C=O) groups excluding carboxylic acids is 5. The molecule has 4 aromatic rings. The molecule has 3 heterocycles. The van der Waals surface area contributed by atoms with E-state index in [1.807, 2.05) is 57.5 Å². The zero-order valence-electron chi connectivity index (χ0n) is 43.7. The first-order valence-electron chi connectivity index (χ1n) is 25.7. The van der Waals surface area contributed by atoms with Crippen LogP contribution in [0.3, 0.4) is 0 Å². The van der Waals surface area contributed by atoms with Crippen LogP contribution in [0.1, 0.15) is 119 Å². The average molecular weight is 1090 g/mol. The zero-order valence-corrected chi connectivity index (χ0v) is 45.4. The highest BCUT2D eigenvalue weighted by Gasteiger charge is 2.44. The second-order valence-corrected chi connectivity index (χ2v) is 22.0. The first-order chi connectivity index (χ1) is 36.3. The minimum Gasteiger partial charge on any atom is -0.493 e. The Morgan fingerprint density at radius 1 is 0.882 bits per heavy atom. The van der Waals surface area contributed by atoms with Crippen molar-refractivity contribution in [3.63, 3.8) is 0 Å². The summed E-state index contributed by atoms with van der Waals surface area (Å²) in [6.07, 6.45) is 2.39. The molecule has 1 N–H and O–H groups in total. The van der Waals surface area contributed by atoms with Crippen LogP contribution in [0.5, 0.6) is 17.2 Å². The number of alkyl halides is 3. The van der Waals surface area contributed by atoms with Gasteiger partial charge in [0, 0.05) is 71.1 Å². The molecule has 0 aliphatic carbocycles. The molecule has 3 amide bonds. The summed E-state index contributed by atoms with van der Waals surface area (Å²) in [6, 6.07) is 16.4. The number of β-amino-alcohol motifs (C(OH)–C–C–N with tert-alkyl or cyclic N) is 1. The van der Waals surface area contributed by atoms with Crippen molar-refractivity contribution in [3.05, 3.63) is 99.0 Å². The van der Waals surface area contributed by atoms with Gasteiger partial charge < -0.3 is 29.0 Å². The van der Waals surface area contributed by atoms with Gasteiger partial charge in [-0.25, -0.2) is 4.98 Å². The van der Waals surface area contributed by atoms with Crippen LogP contribution in [0.4, 0.5) is 18.0 Å². The lowest BCUT2D eigenvalue weighted by Crippen LogP contribution is -2.47. The number of ether oxygens (including phenoxy) is 4. The summed E-state index contributed by atoms with van der Waals surface area (Å²) < 4.78 is 63.6. The van der Waals surface area contributed by atoms with E-state index in [1.165, 1.54) is 47.3 Å². The highest BCUT2D eigenvalue weighted by atomic mass is 32.2. The van der Waals surface area contributed by atoms with Crippen molar-refractivity contribution in [2.45, 2.75) is 123 Å². The molecule has 0 bridgehead atoms. The number of nitriles is 1. The number of imide groups is 1. The van der Waals surface area contributed by atoms with Gasteiger partial charge in [0.15, 0.2) is 17.3 Å². The molecule has 0 radical (unpaired) electrons. The van der Waals surface area contributed by atoms with E-state index in [4.69, 9.17) is 24.2 Å². The molecule has 3 aromatic carbocycles. The molecule has 2 saturated heterocycles. The molecule has 408 valence electrons. The van der Waals surface area contributed by atoms with Gasteiger partial charge in [0.05, 0.1) is 57.4 Å². The van der Waals surface area contributed by atoms with Gasteiger partial charge in [-0.15, -0.1) is 11.3 Å². The van der Waals surface area contributed by atoms with E-state index in [9.17, 15) is 42.3 Å². The Hall–Kier alpha value is -5.91. The van der Waals surface area contributed by atoms with Gasteiger partial charge in [-0.1, -0.05) is 57.5 Å². The summed E-state index contributed by atoms with van der Waals surface area (Å²) >= 11 is 2.38. The van der Waals surface area contributed by atoms with Crippen LogP contribution in [0.15, 0.2) is 71.1 Å². The number of halogens is 3. The number of benzene rings is 3. The third-order valence-corrected chi connectivity index (χ3v) is 15.2. The molecular weight excluding hydrogens is 1020 g/mol. The second-order valence-electron chi connectivity index (χ2n) is 20.1. The Labute approximate surface area is 450 Å². The fourth-order valence-electron chi connectivity index (χ4n) is 9.01. The molecule has 0 saturated carbocycles. The SMILES string of the molecule is COc1cc(/C=C2\SC(=O)N(CCCCOCCCCOCCCCCC(=O)CC(C(=O)N3C[C@H](O)C[C@H]3C(=O)CCc3ccc(-c4scnc4C)cc3)C(C)(C)C)C2=O)ccc1Oc1ccc(C#N)cc1C(F)(F)F. The summed E-state index contributed by atoms with van der Waals surface area (Å²) in [5.41, 5.74) is 3.54. The average Bonchev–Trinajstić information content (AvgIpc) is 4.08. The van der Waals surface area contributed by atoms with Gasteiger partial charge in [0.25, 0.3) is 11.1 Å². The number of nitrogens with zero attached hydrogens (tertiary/aromatic N) is 4. The van der Waals surface area contributed by atoms with E-state index >= 15 is 0 Å². The lowest BCUT2D eigenvalue weighted by Gasteiger charge is -2.34. The van der Waals surface area contributed by atoms with Gasteiger partial charge in [-0.2, -0.15) is 18.4 Å². The molecule has 2 aliphatic heterocycles. The number of aliphatic hydroxyl groups excluding tert-OH is 1. The van der Waals surface area contributed by atoms with Crippen molar-refractivity contribution in [2.24, 2.45) is 11.3 Å². The third kappa shape index (κ3) is 16.8. The molecule has 76 heavy (non-hydrogen) atoms.